The summed E-state index contributed by atoms with van der Waals surface area (Å²) in [6.07, 6.45) is 1.83. The van der Waals surface area contributed by atoms with Gasteiger partial charge in [0.05, 0.1) is 0 Å². The summed E-state index contributed by atoms with van der Waals surface area (Å²) in [6.45, 7) is 1.52. The van der Waals surface area contributed by atoms with Gasteiger partial charge in [0.1, 0.15) is 6.04 Å². The maximum Gasteiger partial charge on any atom is 0.244 e. The highest BCUT2D eigenvalue weighted by atomic mass is 32.1. The molecule has 1 amide bonds. The molecule has 1 aromatic heterocycles. The molecule has 0 saturated heterocycles. The van der Waals surface area contributed by atoms with Gasteiger partial charge in [0, 0.05) is 18.0 Å². The number of nitrogens with zero attached hydrogens (tertiary/aromatic N) is 1. The Morgan fingerprint density at radius 3 is 2.30 bits per heavy atom. The van der Waals surface area contributed by atoms with E-state index < -0.39 is 6.04 Å². The monoisotopic (exact) mass is 286 g/mol. The van der Waals surface area contributed by atoms with Crippen LogP contribution in [-0.2, 0) is 17.6 Å². The molecule has 2 aromatic rings. The lowest BCUT2D eigenvalue weighted by Gasteiger charge is -2.23. The number of amides is 1. The van der Waals surface area contributed by atoms with Gasteiger partial charge >= 0.3 is 0 Å². The third kappa shape index (κ3) is 2.62. The molecule has 0 saturated carbocycles. The van der Waals surface area contributed by atoms with Crippen LogP contribution in [0, 0.1) is 0 Å². The molecule has 0 fully saturated rings. The van der Waals surface area contributed by atoms with E-state index in [1.807, 2.05) is 22.4 Å². The average molecular weight is 286 g/mol. The van der Waals surface area contributed by atoms with E-state index in [1.165, 1.54) is 11.1 Å². The van der Waals surface area contributed by atoms with Crippen LogP contribution in [-0.4, -0.2) is 23.9 Å². The summed E-state index contributed by atoms with van der Waals surface area (Å²) in [5, 5.41) is 1.96. The van der Waals surface area contributed by atoms with Crippen molar-refractivity contribution in [2.24, 2.45) is 5.73 Å². The lowest BCUT2D eigenvalue weighted by atomic mass is 10.0. The van der Waals surface area contributed by atoms with Gasteiger partial charge < -0.3 is 10.6 Å². The van der Waals surface area contributed by atoms with Gasteiger partial charge in [0.25, 0.3) is 0 Å². The Bertz CT molecular complexity index is 567. The number of hydrogen-bond donors (Lipinski definition) is 1. The number of nitrogens with two attached hydrogens (primary N) is 1. The van der Waals surface area contributed by atoms with Crippen LogP contribution in [0.2, 0.25) is 0 Å². The van der Waals surface area contributed by atoms with Crippen LogP contribution in [0.25, 0.3) is 0 Å². The van der Waals surface area contributed by atoms with Gasteiger partial charge in [-0.1, -0.05) is 30.3 Å². The minimum Gasteiger partial charge on any atom is -0.340 e. The first-order chi connectivity index (χ1) is 9.75. The maximum absolute atomic E-state index is 12.5. The van der Waals surface area contributed by atoms with E-state index in [0.29, 0.717) is 0 Å². The fraction of sp³-hybridized carbons (Fsp3) is 0.312. The average Bonchev–Trinajstić information content (AvgIpc) is 2.93. The second kappa shape index (κ2) is 5.77. The number of carbonyl (C=O) groups is 1. The van der Waals surface area contributed by atoms with E-state index >= 15 is 0 Å². The predicted octanol–water partition coefficient (Wildman–Crippen LogP) is 2.38. The summed E-state index contributed by atoms with van der Waals surface area (Å²) in [4.78, 5) is 15.4. The largest absolute Gasteiger partial charge is 0.340 e. The van der Waals surface area contributed by atoms with E-state index in [2.05, 4.69) is 24.3 Å². The molecule has 4 heteroatoms. The zero-order chi connectivity index (χ0) is 13.9. The SMILES string of the molecule is NC(C(=O)N1CCc2ccccc2CC1)c1cccs1. The van der Waals surface area contributed by atoms with Crippen molar-refractivity contribution in [3.63, 3.8) is 0 Å². The van der Waals surface area contributed by atoms with Gasteiger partial charge in [-0.2, -0.15) is 0 Å². The number of thiophene rings is 1. The van der Waals surface area contributed by atoms with Crippen LogP contribution in [0.1, 0.15) is 22.0 Å². The predicted molar refractivity (Wildman–Crippen MR) is 81.7 cm³/mol. The lowest BCUT2D eigenvalue weighted by Crippen LogP contribution is -2.39. The minimum absolute atomic E-state index is 0.0419. The summed E-state index contributed by atoms with van der Waals surface area (Å²) in [7, 11) is 0. The summed E-state index contributed by atoms with van der Waals surface area (Å²) in [5.41, 5.74) is 8.80. The van der Waals surface area contributed by atoms with Gasteiger partial charge in [-0.3, -0.25) is 4.79 Å². The lowest BCUT2D eigenvalue weighted by molar-refractivity contribution is -0.132. The van der Waals surface area contributed by atoms with Gasteiger partial charge in [0.15, 0.2) is 0 Å². The highest BCUT2D eigenvalue weighted by molar-refractivity contribution is 7.10. The number of rotatable bonds is 2. The Hall–Kier alpha value is -1.65. The molecule has 0 radical (unpaired) electrons. The number of carbonyl (C=O) groups excluding carboxylic acids is 1. The van der Waals surface area contributed by atoms with Crippen molar-refractivity contribution >= 4 is 17.2 Å². The fourth-order valence-corrected chi connectivity index (χ4v) is 3.39. The Balaban J connectivity index is 1.72. The second-order valence-corrected chi connectivity index (χ2v) is 6.07. The summed E-state index contributed by atoms with van der Waals surface area (Å²) >= 11 is 1.54. The van der Waals surface area contributed by atoms with Crippen LogP contribution in [0.15, 0.2) is 41.8 Å². The van der Waals surface area contributed by atoms with Crippen LogP contribution in [0.5, 0.6) is 0 Å². The first kappa shape index (κ1) is 13.3. The summed E-state index contributed by atoms with van der Waals surface area (Å²) < 4.78 is 0. The Labute approximate surface area is 123 Å². The van der Waals surface area contributed by atoms with Crippen molar-refractivity contribution in [2.45, 2.75) is 18.9 Å². The minimum atomic E-state index is -0.517. The van der Waals surface area contributed by atoms with Crippen molar-refractivity contribution < 1.29 is 4.79 Å². The Morgan fingerprint density at radius 1 is 1.10 bits per heavy atom. The van der Waals surface area contributed by atoms with Crippen LogP contribution in [0.4, 0.5) is 0 Å². The maximum atomic E-state index is 12.5. The van der Waals surface area contributed by atoms with E-state index in [-0.39, 0.29) is 5.91 Å². The van der Waals surface area contributed by atoms with Crippen molar-refractivity contribution in [3.05, 3.63) is 57.8 Å². The van der Waals surface area contributed by atoms with Gasteiger partial charge in [-0.05, 0) is 35.4 Å². The van der Waals surface area contributed by atoms with Gasteiger partial charge in [-0.15, -0.1) is 11.3 Å². The molecule has 1 unspecified atom stereocenters. The molecule has 104 valence electrons. The van der Waals surface area contributed by atoms with E-state index in [0.717, 1.165) is 30.8 Å². The molecule has 0 spiro atoms. The number of fused-ring (bicyclic) bond motifs is 1. The Morgan fingerprint density at radius 2 is 1.75 bits per heavy atom. The quantitative estimate of drug-likeness (QED) is 0.921. The van der Waals surface area contributed by atoms with Gasteiger partial charge in [-0.25, -0.2) is 0 Å². The fourth-order valence-electron chi connectivity index (χ4n) is 2.67. The zero-order valence-electron chi connectivity index (χ0n) is 11.3. The topological polar surface area (TPSA) is 46.3 Å². The number of hydrogen-bond acceptors (Lipinski definition) is 3. The van der Waals surface area contributed by atoms with E-state index in [4.69, 9.17) is 5.73 Å². The molecular weight excluding hydrogens is 268 g/mol. The molecule has 0 bridgehead atoms. The molecule has 1 aromatic carbocycles. The summed E-state index contributed by atoms with van der Waals surface area (Å²) in [5.74, 6) is 0.0419. The van der Waals surface area contributed by atoms with E-state index in [1.54, 1.807) is 11.3 Å². The molecular formula is C16H18N2OS. The highest BCUT2D eigenvalue weighted by Crippen LogP contribution is 2.21. The molecule has 2 N–H and O–H groups in total. The molecule has 1 aliphatic heterocycles. The number of benzene rings is 1. The summed E-state index contributed by atoms with van der Waals surface area (Å²) in [6, 6.07) is 11.8. The third-order valence-electron chi connectivity index (χ3n) is 3.85. The Kier molecular flexibility index (Phi) is 3.85. The zero-order valence-corrected chi connectivity index (χ0v) is 12.1. The van der Waals surface area contributed by atoms with Crippen LogP contribution < -0.4 is 5.73 Å². The highest BCUT2D eigenvalue weighted by Gasteiger charge is 2.24. The smallest absolute Gasteiger partial charge is 0.244 e. The van der Waals surface area contributed by atoms with Crippen molar-refractivity contribution in [3.8, 4) is 0 Å². The second-order valence-electron chi connectivity index (χ2n) is 5.09. The standard InChI is InChI=1S/C16H18N2OS/c17-15(14-6-3-11-20-14)16(19)18-9-7-12-4-1-2-5-13(12)8-10-18/h1-6,11,15H,7-10,17H2. The molecule has 20 heavy (non-hydrogen) atoms. The van der Waals surface area contributed by atoms with Crippen LogP contribution in [0.3, 0.4) is 0 Å². The molecule has 1 aliphatic rings. The third-order valence-corrected chi connectivity index (χ3v) is 4.80. The van der Waals surface area contributed by atoms with E-state index in [9.17, 15) is 4.79 Å². The van der Waals surface area contributed by atoms with Gasteiger partial charge in [0.2, 0.25) is 5.91 Å². The van der Waals surface area contributed by atoms with Crippen molar-refractivity contribution in [1.82, 2.24) is 4.90 Å². The van der Waals surface area contributed by atoms with Crippen molar-refractivity contribution in [2.75, 3.05) is 13.1 Å². The molecule has 0 aliphatic carbocycles. The first-order valence-corrected chi connectivity index (χ1v) is 7.78. The normalized spacial score (nSPS) is 16.4. The molecule has 3 nitrogen and oxygen atoms in total. The molecule has 3 rings (SSSR count). The van der Waals surface area contributed by atoms with Crippen LogP contribution >= 0.6 is 11.3 Å². The molecule has 2 heterocycles. The van der Waals surface area contributed by atoms with Crippen molar-refractivity contribution in [1.29, 1.82) is 0 Å². The first-order valence-electron chi connectivity index (χ1n) is 6.90. The molecule has 1 atom stereocenters.